The van der Waals surface area contributed by atoms with Crippen molar-refractivity contribution in [1.29, 1.82) is 0 Å². The number of piperidine rings is 1. The Morgan fingerprint density at radius 2 is 1.87 bits per heavy atom. The van der Waals surface area contributed by atoms with Gasteiger partial charge in [0.25, 0.3) is 5.91 Å². The summed E-state index contributed by atoms with van der Waals surface area (Å²) in [6.45, 7) is 4.30. The molecular weight excluding hydrogens is 378 g/mol. The normalized spacial score (nSPS) is 16.4. The number of likely N-dealkylation sites (tertiary alicyclic amines) is 1. The second kappa shape index (κ2) is 9.15. The summed E-state index contributed by atoms with van der Waals surface area (Å²) in [6.07, 6.45) is 1.56. The van der Waals surface area contributed by atoms with Crippen molar-refractivity contribution in [3.63, 3.8) is 0 Å². The van der Waals surface area contributed by atoms with E-state index in [9.17, 15) is 14.7 Å². The summed E-state index contributed by atoms with van der Waals surface area (Å²) in [5, 5.41) is 9.70. The van der Waals surface area contributed by atoms with Gasteiger partial charge in [0.15, 0.2) is 5.78 Å². The van der Waals surface area contributed by atoms with E-state index in [0.29, 0.717) is 30.0 Å². The van der Waals surface area contributed by atoms with Crippen LogP contribution in [0, 0.1) is 17.8 Å². The second-order valence-electron chi connectivity index (χ2n) is 8.07. The highest BCUT2D eigenvalue weighted by Crippen LogP contribution is 2.24. The van der Waals surface area contributed by atoms with Crippen LogP contribution in [-0.2, 0) is 0 Å². The average Bonchev–Trinajstić information content (AvgIpc) is 2.76. The Balaban J connectivity index is 1.69. The van der Waals surface area contributed by atoms with E-state index < -0.39 is 5.60 Å². The Hall–Kier alpha value is -3.10. The first-order valence-corrected chi connectivity index (χ1v) is 10.1. The number of amides is 1. The number of Topliss-reactive ketones (excluding diaryl/α,β-unsaturated/α-hetero) is 1. The third-order valence-corrected chi connectivity index (χ3v) is 5.08. The number of benzene rings is 2. The molecule has 0 unspecified atom stereocenters. The second-order valence-corrected chi connectivity index (χ2v) is 8.07. The summed E-state index contributed by atoms with van der Waals surface area (Å²) in [5.74, 6) is 6.05. The fraction of sp³-hybridized carbons (Fsp3) is 0.360. The molecular formula is C25H27NO4. The Kier molecular flexibility index (Phi) is 6.59. The maximum Gasteiger partial charge on any atom is 0.253 e. The highest BCUT2D eigenvalue weighted by molar-refractivity contribution is 5.99. The van der Waals surface area contributed by atoms with Gasteiger partial charge in [0.1, 0.15) is 11.4 Å². The molecule has 1 saturated heterocycles. The fourth-order valence-electron chi connectivity index (χ4n) is 3.49. The van der Waals surface area contributed by atoms with Crippen molar-refractivity contribution in [1.82, 2.24) is 4.90 Å². The molecule has 1 heterocycles. The molecule has 0 spiro atoms. The molecule has 5 heteroatoms. The molecule has 1 aliphatic heterocycles. The maximum atomic E-state index is 13.0. The number of aliphatic hydroxyl groups is 1. The van der Waals surface area contributed by atoms with Gasteiger partial charge in [0, 0.05) is 35.7 Å². The molecule has 5 nitrogen and oxygen atoms in total. The van der Waals surface area contributed by atoms with Crippen molar-refractivity contribution >= 4 is 11.7 Å². The van der Waals surface area contributed by atoms with Gasteiger partial charge in [-0.1, -0.05) is 24.0 Å². The minimum absolute atomic E-state index is 0.0450. The number of rotatable bonds is 4. The predicted octanol–water partition coefficient (Wildman–Crippen LogP) is 3.55. The molecule has 0 aromatic heterocycles. The molecule has 2 aromatic rings. The molecule has 0 radical (unpaired) electrons. The standard InChI is InChI=1S/C25H27NO4/c1-25(2,29)14-13-18-9-11-19(12-10-18)24(28)26-15-5-7-21(17-26)23(27)20-6-4-8-22(16-20)30-3/h4,6,8-12,16,21,29H,5,7,15,17H2,1-3H3/t21-/m1/s1. The van der Waals surface area contributed by atoms with E-state index >= 15 is 0 Å². The highest BCUT2D eigenvalue weighted by atomic mass is 16.5. The third kappa shape index (κ3) is 5.49. The predicted molar refractivity (Wildman–Crippen MR) is 116 cm³/mol. The molecule has 0 bridgehead atoms. The van der Waals surface area contributed by atoms with Crippen LogP contribution < -0.4 is 4.74 Å². The van der Waals surface area contributed by atoms with Crippen LogP contribution in [-0.4, -0.2) is 47.5 Å². The van der Waals surface area contributed by atoms with E-state index in [1.807, 2.05) is 6.07 Å². The molecule has 1 atom stereocenters. The molecule has 30 heavy (non-hydrogen) atoms. The number of hydrogen-bond donors (Lipinski definition) is 1. The third-order valence-electron chi connectivity index (χ3n) is 5.08. The van der Waals surface area contributed by atoms with Crippen LogP contribution in [0.3, 0.4) is 0 Å². The summed E-state index contributed by atoms with van der Waals surface area (Å²) < 4.78 is 5.21. The smallest absolute Gasteiger partial charge is 0.253 e. The minimum Gasteiger partial charge on any atom is -0.497 e. The van der Waals surface area contributed by atoms with Gasteiger partial charge >= 0.3 is 0 Å². The van der Waals surface area contributed by atoms with Gasteiger partial charge in [-0.2, -0.15) is 0 Å². The largest absolute Gasteiger partial charge is 0.497 e. The summed E-state index contributed by atoms with van der Waals surface area (Å²) in [7, 11) is 1.58. The zero-order chi connectivity index (χ0) is 21.7. The molecule has 1 amide bonds. The van der Waals surface area contributed by atoms with Gasteiger partial charge in [-0.3, -0.25) is 9.59 Å². The summed E-state index contributed by atoms with van der Waals surface area (Å²) in [5.41, 5.74) is 0.854. The number of nitrogens with zero attached hydrogens (tertiary/aromatic N) is 1. The van der Waals surface area contributed by atoms with E-state index in [1.165, 1.54) is 0 Å². The molecule has 3 rings (SSSR count). The van der Waals surface area contributed by atoms with E-state index in [-0.39, 0.29) is 17.6 Å². The topological polar surface area (TPSA) is 66.8 Å². The summed E-state index contributed by atoms with van der Waals surface area (Å²) >= 11 is 0. The first kappa shape index (κ1) is 21.6. The van der Waals surface area contributed by atoms with Gasteiger partial charge in [-0.15, -0.1) is 0 Å². The molecule has 0 aliphatic carbocycles. The van der Waals surface area contributed by atoms with Crippen LogP contribution in [0.15, 0.2) is 48.5 Å². The van der Waals surface area contributed by atoms with Gasteiger partial charge in [0.2, 0.25) is 0 Å². The van der Waals surface area contributed by atoms with Crippen molar-refractivity contribution in [2.24, 2.45) is 5.92 Å². The Labute approximate surface area is 177 Å². The van der Waals surface area contributed by atoms with Crippen molar-refractivity contribution in [3.8, 4) is 17.6 Å². The Morgan fingerprint density at radius 1 is 1.13 bits per heavy atom. The molecule has 2 aromatic carbocycles. The maximum absolute atomic E-state index is 13.0. The van der Waals surface area contributed by atoms with Crippen LogP contribution in [0.2, 0.25) is 0 Å². The van der Waals surface area contributed by atoms with Crippen LogP contribution in [0.25, 0.3) is 0 Å². The first-order valence-electron chi connectivity index (χ1n) is 10.1. The van der Waals surface area contributed by atoms with Crippen LogP contribution in [0.5, 0.6) is 5.75 Å². The number of hydrogen-bond acceptors (Lipinski definition) is 4. The van der Waals surface area contributed by atoms with Gasteiger partial charge < -0.3 is 14.7 Å². The summed E-state index contributed by atoms with van der Waals surface area (Å²) in [4.78, 5) is 27.6. The molecule has 1 aliphatic rings. The molecule has 1 N–H and O–H groups in total. The number of ether oxygens (including phenoxy) is 1. The van der Waals surface area contributed by atoms with E-state index in [0.717, 1.165) is 18.4 Å². The molecule has 0 saturated carbocycles. The lowest BCUT2D eigenvalue weighted by Crippen LogP contribution is -2.42. The highest BCUT2D eigenvalue weighted by Gasteiger charge is 2.29. The van der Waals surface area contributed by atoms with E-state index in [2.05, 4.69) is 11.8 Å². The average molecular weight is 405 g/mol. The minimum atomic E-state index is -1.06. The quantitative estimate of drug-likeness (QED) is 0.624. The Bertz CT molecular complexity index is 977. The fourth-order valence-corrected chi connectivity index (χ4v) is 3.49. The zero-order valence-electron chi connectivity index (χ0n) is 17.6. The van der Waals surface area contributed by atoms with Crippen LogP contribution in [0.1, 0.15) is 53.0 Å². The number of carbonyl (C=O) groups excluding carboxylic acids is 2. The number of methoxy groups -OCH3 is 1. The van der Waals surface area contributed by atoms with Gasteiger partial charge in [-0.05, 0) is 63.1 Å². The molecule has 1 fully saturated rings. The molecule has 156 valence electrons. The zero-order valence-corrected chi connectivity index (χ0v) is 17.6. The lowest BCUT2D eigenvalue weighted by molar-refractivity contribution is 0.0636. The van der Waals surface area contributed by atoms with Crippen LogP contribution >= 0.6 is 0 Å². The van der Waals surface area contributed by atoms with Gasteiger partial charge in [-0.25, -0.2) is 0 Å². The van der Waals surface area contributed by atoms with Crippen molar-refractivity contribution < 1.29 is 19.4 Å². The number of ketones is 1. The summed E-state index contributed by atoms with van der Waals surface area (Å²) in [6, 6.07) is 14.2. The lowest BCUT2D eigenvalue weighted by Gasteiger charge is -2.32. The number of carbonyl (C=O) groups is 2. The lowest BCUT2D eigenvalue weighted by atomic mass is 9.89. The monoisotopic (exact) mass is 405 g/mol. The van der Waals surface area contributed by atoms with Crippen molar-refractivity contribution in [2.45, 2.75) is 32.3 Å². The van der Waals surface area contributed by atoms with Crippen molar-refractivity contribution in [2.75, 3.05) is 20.2 Å². The SMILES string of the molecule is COc1cccc(C(=O)[C@@H]2CCCN(C(=O)c3ccc(C#CC(C)(C)O)cc3)C2)c1. The first-order chi connectivity index (χ1) is 14.3. The van der Waals surface area contributed by atoms with Crippen LogP contribution in [0.4, 0.5) is 0 Å². The van der Waals surface area contributed by atoms with E-state index in [1.54, 1.807) is 68.3 Å². The van der Waals surface area contributed by atoms with Crippen molar-refractivity contribution in [3.05, 3.63) is 65.2 Å². The Morgan fingerprint density at radius 3 is 2.53 bits per heavy atom. The van der Waals surface area contributed by atoms with E-state index in [4.69, 9.17) is 4.74 Å². The van der Waals surface area contributed by atoms with Gasteiger partial charge in [0.05, 0.1) is 7.11 Å².